The third-order valence-electron chi connectivity index (χ3n) is 3.74. The average Bonchev–Trinajstić information content (AvgIpc) is 2.54. The lowest BCUT2D eigenvalue weighted by Gasteiger charge is -2.22. The van der Waals surface area contributed by atoms with Crippen LogP contribution in [0, 0.1) is 3.57 Å². The Morgan fingerprint density at radius 1 is 1.13 bits per heavy atom. The first kappa shape index (κ1) is 16.2. The van der Waals surface area contributed by atoms with E-state index in [-0.39, 0.29) is 12.1 Å². The molecule has 1 aromatic heterocycles. The summed E-state index contributed by atoms with van der Waals surface area (Å²) >= 11 is 2.33. The van der Waals surface area contributed by atoms with Crippen LogP contribution in [0.1, 0.15) is 25.0 Å². The second-order valence-electron chi connectivity index (χ2n) is 5.72. The van der Waals surface area contributed by atoms with Crippen molar-refractivity contribution < 1.29 is 4.74 Å². The van der Waals surface area contributed by atoms with Gasteiger partial charge in [0, 0.05) is 33.8 Å². The lowest BCUT2D eigenvalue weighted by molar-refractivity contribution is 0.189. The van der Waals surface area contributed by atoms with E-state index in [1.807, 2.05) is 31.2 Å². The Bertz CT molecular complexity index is 790. The standard InChI is InChI=1S/C19H19IN2O/c1-13(21)11-19(14-7-9-22-10-8-14)23-18-4-2-3-15-12-16(20)5-6-17(15)18/h2-10,12-13,19H,11,21H2,1H3. The summed E-state index contributed by atoms with van der Waals surface area (Å²) in [6.45, 7) is 2.00. The third kappa shape index (κ3) is 4.00. The highest BCUT2D eigenvalue weighted by atomic mass is 127. The molecule has 3 rings (SSSR count). The molecule has 0 bridgehead atoms. The molecule has 23 heavy (non-hydrogen) atoms. The van der Waals surface area contributed by atoms with Crippen molar-refractivity contribution in [1.82, 2.24) is 4.98 Å². The highest BCUT2D eigenvalue weighted by molar-refractivity contribution is 14.1. The molecule has 0 aliphatic rings. The van der Waals surface area contributed by atoms with Crippen LogP contribution in [-0.4, -0.2) is 11.0 Å². The Labute approximate surface area is 150 Å². The first-order valence-electron chi connectivity index (χ1n) is 7.64. The van der Waals surface area contributed by atoms with Gasteiger partial charge in [0.1, 0.15) is 11.9 Å². The molecule has 2 unspecified atom stereocenters. The first-order valence-corrected chi connectivity index (χ1v) is 8.72. The van der Waals surface area contributed by atoms with E-state index in [4.69, 9.17) is 10.5 Å². The Hall–Kier alpha value is -1.66. The summed E-state index contributed by atoms with van der Waals surface area (Å²) in [7, 11) is 0. The van der Waals surface area contributed by atoms with Gasteiger partial charge in [-0.15, -0.1) is 0 Å². The lowest BCUT2D eigenvalue weighted by Crippen LogP contribution is -2.21. The molecule has 2 atom stereocenters. The van der Waals surface area contributed by atoms with Crippen LogP contribution in [0.4, 0.5) is 0 Å². The molecule has 3 nitrogen and oxygen atoms in total. The number of hydrogen-bond acceptors (Lipinski definition) is 3. The Balaban J connectivity index is 1.97. The van der Waals surface area contributed by atoms with Gasteiger partial charge in [0.25, 0.3) is 0 Å². The third-order valence-corrected chi connectivity index (χ3v) is 4.41. The highest BCUT2D eigenvalue weighted by Gasteiger charge is 2.16. The van der Waals surface area contributed by atoms with Crippen molar-refractivity contribution in [3.63, 3.8) is 0 Å². The number of benzene rings is 2. The van der Waals surface area contributed by atoms with E-state index in [1.165, 1.54) is 8.96 Å². The topological polar surface area (TPSA) is 48.1 Å². The molecular weight excluding hydrogens is 399 g/mol. The van der Waals surface area contributed by atoms with Gasteiger partial charge in [-0.2, -0.15) is 0 Å². The molecule has 0 spiro atoms. The number of pyridine rings is 1. The Kier molecular flexibility index (Phi) is 5.13. The van der Waals surface area contributed by atoms with Crippen LogP contribution in [-0.2, 0) is 0 Å². The number of ether oxygens (including phenoxy) is 1. The summed E-state index contributed by atoms with van der Waals surface area (Å²) in [5.41, 5.74) is 7.12. The van der Waals surface area contributed by atoms with Gasteiger partial charge < -0.3 is 10.5 Å². The van der Waals surface area contributed by atoms with Gasteiger partial charge in [-0.05, 0) is 76.9 Å². The molecule has 0 saturated heterocycles. The van der Waals surface area contributed by atoms with Gasteiger partial charge in [-0.3, -0.25) is 4.98 Å². The molecule has 2 aromatic carbocycles. The fourth-order valence-corrected chi connectivity index (χ4v) is 3.16. The van der Waals surface area contributed by atoms with E-state index >= 15 is 0 Å². The second-order valence-corrected chi connectivity index (χ2v) is 6.97. The molecule has 0 amide bonds. The van der Waals surface area contributed by atoms with Crippen molar-refractivity contribution in [2.24, 2.45) is 5.73 Å². The molecule has 118 valence electrons. The molecule has 0 fully saturated rings. The Morgan fingerprint density at radius 2 is 1.91 bits per heavy atom. The summed E-state index contributed by atoms with van der Waals surface area (Å²) in [6, 6.07) is 16.6. The van der Waals surface area contributed by atoms with E-state index < -0.39 is 0 Å². The van der Waals surface area contributed by atoms with E-state index in [9.17, 15) is 0 Å². The van der Waals surface area contributed by atoms with Crippen molar-refractivity contribution in [3.05, 3.63) is 70.1 Å². The molecule has 3 aromatic rings. The molecule has 0 aliphatic carbocycles. The SMILES string of the molecule is CC(N)CC(Oc1cccc2cc(I)ccc12)c1ccncc1. The highest BCUT2D eigenvalue weighted by Crippen LogP contribution is 2.32. The predicted molar refractivity (Wildman–Crippen MR) is 103 cm³/mol. The molecule has 2 N–H and O–H groups in total. The minimum absolute atomic E-state index is 0.0593. The summed E-state index contributed by atoms with van der Waals surface area (Å²) in [5, 5.41) is 2.31. The van der Waals surface area contributed by atoms with Crippen molar-refractivity contribution in [2.45, 2.75) is 25.5 Å². The smallest absolute Gasteiger partial charge is 0.128 e. The summed E-state index contributed by atoms with van der Waals surface area (Å²) < 4.78 is 7.57. The zero-order valence-electron chi connectivity index (χ0n) is 12.9. The van der Waals surface area contributed by atoms with Crippen LogP contribution in [0.2, 0.25) is 0 Å². The van der Waals surface area contributed by atoms with E-state index in [1.54, 1.807) is 12.4 Å². The van der Waals surface area contributed by atoms with Crippen molar-refractivity contribution in [3.8, 4) is 5.75 Å². The fourth-order valence-electron chi connectivity index (χ4n) is 2.65. The summed E-state index contributed by atoms with van der Waals surface area (Å²) in [5.74, 6) is 0.890. The molecule has 0 saturated carbocycles. The Morgan fingerprint density at radius 3 is 2.65 bits per heavy atom. The summed E-state index contributed by atoms with van der Waals surface area (Å²) in [4.78, 5) is 4.09. The van der Waals surface area contributed by atoms with Crippen molar-refractivity contribution in [2.75, 3.05) is 0 Å². The van der Waals surface area contributed by atoms with E-state index in [2.05, 4.69) is 51.8 Å². The van der Waals surface area contributed by atoms with Crippen LogP contribution >= 0.6 is 22.6 Å². The average molecular weight is 418 g/mol. The van der Waals surface area contributed by atoms with E-state index in [0.29, 0.717) is 0 Å². The van der Waals surface area contributed by atoms with Crippen molar-refractivity contribution in [1.29, 1.82) is 0 Å². The first-order chi connectivity index (χ1) is 11.1. The van der Waals surface area contributed by atoms with Gasteiger partial charge in [0.2, 0.25) is 0 Å². The monoisotopic (exact) mass is 418 g/mol. The zero-order chi connectivity index (χ0) is 16.2. The molecule has 0 aliphatic heterocycles. The number of aromatic nitrogens is 1. The largest absolute Gasteiger partial charge is 0.485 e. The van der Waals surface area contributed by atoms with Crippen LogP contribution in [0.3, 0.4) is 0 Å². The molecule has 1 heterocycles. The van der Waals surface area contributed by atoms with Crippen LogP contribution in [0.25, 0.3) is 10.8 Å². The lowest BCUT2D eigenvalue weighted by atomic mass is 10.0. The maximum atomic E-state index is 6.35. The minimum Gasteiger partial charge on any atom is -0.485 e. The number of fused-ring (bicyclic) bond motifs is 1. The van der Waals surface area contributed by atoms with Gasteiger partial charge in [0.15, 0.2) is 0 Å². The number of rotatable bonds is 5. The minimum atomic E-state index is -0.0807. The van der Waals surface area contributed by atoms with Gasteiger partial charge in [0.05, 0.1) is 0 Å². The molecular formula is C19H19IN2O. The molecule has 4 heteroatoms. The van der Waals surface area contributed by atoms with Gasteiger partial charge >= 0.3 is 0 Å². The summed E-state index contributed by atoms with van der Waals surface area (Å²) in [6.07, 6.45) is 4.25. The number of halogens is 1. The molecule has 0 radical (unpaired) electrons. The van der Waals surface area contributed by atoms with Crippen LogP contribution in [0.5, 0.6) is 5.75 Å². The number of nitrogens with zero attached hydrogens (tertiary/aromatic N) is 1. The number of nitrogens with two attached hydrogens (primary N) is 1. The van der Waals surface area contributed by atoms with Crippen LogP contribution in [0.15, 0.2) is 60.9 Å². The van der Waals surface area contributed by atoms with E-state index in [0.717, 1.165) is 23.1 Å². The fraction of sp³-hybridized carbons (Fsp3) is 0.211. The van der Waals surface area contributed by atoms with Gasteiger partial charge in [-0.1, -0.05) is 12.1 Å². The maximum absolute atomic E-state index is 6.35. The van der Waals surface area contributed by atoms with Gasteiger partial charge in [-0.25, -0.2) is 0 Å². The van der Waals surface area contributed by atoms with Crippen LogP contribution < -0.4 is 10.5 Å². The normalized spacial score (nSPS) is 13.7. The number of hydrogen-bond donors (Lipinski definition) is 1. The predicted octanol–water partition coefficient (Wildman–Crippen LogP) is 4.70. The quantitative estimate of drug-likeness (QED) is 0.612. The zero-order valence-corrected chi connectivity index (χ0v) is 15.1. The van der Waals surface area contributed by atoms with Crippen molar-refractivity contribution >= 4 is 33.4 Å². The maximum Gasteiger partial charge on any atom is 0.128 e. The second kappa shape index (κ2) is 7.27.